The molecular formula is C17H19NO2S. The van der Waals surface area contributed by atoms with E-state index in [-0.39, 0.29) is 11.7 Å². The number of aryl methyl sites for hydroxylation is 2. The van der Waals surface area contributed by atoms with Gasteiger partial charge in [0.15, 0.2) is 5.78 Å². The molecule has 1 aliphatic rings. The van der Waals surface area contributed by atoms with E-state index in [1.807, 2.05) is 26.0 Å². The molecule has 1 aromatic carbocycles. The number of nitrogens with two attached hydrogens (primary N) is 1. The fourth-order valence-electron chi connectivity index (χ4n) is 2.87. The molecule has 0 saturated carbocycles. The van der Waals surface area contributed by atoms with Crippen LogP contribution in [0.3, 0.4) is 0 Å². The third-order valence-electron chi connectivity index (χ3n) is 3.99. The molecule has 2 aromatic rings. The van der Waals surface area contributed by atoms with E-state index in [2.05, 4.69) is 6.07 Å². The summed E-state index contributed by atoms with van der Waals surface area (Å²) in [6, 6.07) is 6.09. The number of rotatable bonds is 3. The van der Waals surface area contributed by atoms with Gasteiger partial charge in [-0.2, -0.15) is 0 Å². The lowest BCUT2D eigenvalue weighted by atomic mass is 9.85. The molecule has 3 rings (SSSR count). The van der Waals surface area contributed by atoms with Gasteiger partial charge in [0.1, 0.15) is 5.75 Å². The van der Waals surface area contributed by atoms with Crippen LogP contribution in [0.15, 0.2) is 18.2 Å². The normalized spacial score (nSPS) is 13.0. The summed E-state index contributed by atoms with van der Waals surface area (Å²) in [5.74, 6) is 0.886. The van der Waals surface area contributed by atoms with Crippen molar-refractivity contribution in [2.24, 2.45) is 5.92 Å². The van der Waals surface area contributed by atoms with E-state index in [4.69, 9.17) is 10.5 Å². The van der Waals surface area contributed by atoms with Crippen molar-refractivity contribution in [1.82, 2.24) is 0 Å². The number of hydrogen-bond acceptors (Lipinski definition) is 4. The molecule has 0 amide bonds. The maximum atomic E-state index is 12.6. The number of ketones is 1. The zero-order valence-electron chi connectivity index (χ0n) is 12.5. The quantitative estimate of drug-likeness (QED) is 0.874. The van der Waals surface area contributed by atoms with E-state index in [1.165, 1.54) is 10.4 Å². The molecule has 3 nitrogen and oxygen atoms in total. The Morgan fingerprint density at radius 2 is 2.10 bits per heavy atom. The van der Waals surface area contributed by atoms with Crippen molar-refractivity contribution in [3.63, 3.8) is 0 Å². The second-order valence-electron chi connectivity index (χ2n) is 5.68. The zero-order valence-corrected chi connectivity index (χ0v) is 13.3. The first-order valence-electron chi connectivity index (χ1n) is 7.15. The van der Waals surface area contributed by atoms with Gasteiger partial charge in [-0.05, 0) is 36.1 Å². The first-order valence-corrected chi connectivity index (χ1v) is 7.97. The van der Waals surface area contributed by atoms with Crippen molar-refractivity contribution < 1.29 is 9.53 Å². The summed E-state index contributed by atoms with van der Waals surface area (Å²) < 4.78 is 5.34. The third-order valence-corrected chi connectivity index (χ3v) is 5.07. The molecule has 1 aliphatic carbocycles. The molecule has 0 bridgehead atoms. The van der Waals surface area contributed by atoms with Crippen LogP contribution in [0.4, 0.5) is 5.00 Å². The van der Waals surface area contributed by atoms with Crippen LogP contribution in [-0.2, 0) is 12.8 Å². The van der Waals surface area contributed by atoms with Crippen molar-refractivity contribution in [1.29, 1.82) is 0 Å². The summed E-state index contributed by atoms with van der Waals surface area (Å²) >= 11 is 1.56. The lowest BCUT2D eigenvalue weighted by Gasteiger charge is -2.19. The molecule has 0 radical (unpaired) electrons. The molecular weight excluding hydrogens is 282 g/mol. The fourth-order valence-corrected chi connectivity index (χ4v) is 3.96. The highest BCUT2D eigenvalue weighted by molar-refractivity contribution is 7.17. The standard InChI is InChI=1S/C17H19NO2S/c1-9(2)16(19)15-14-12-8-11(20-3)6-4-10(12)5-7-13(14)21-17(15)18/h4,6,8-9H,5,7,18H2,1-3H3. The molecule has 0 saturated heterocycles. The summed E-state index contributed by atoms with van der Waals surface area (Å²) in [6.07, 6.45) is 1.94. The molecule has 0 atom stereocenters. The second kappa shape index (κ2) is 5.19. The number of carbonyl (C=O) groups is 1. The Morgan fingerprint density at radius 1 is 1.33 bits per heavy atom. The molecule has 0 fully saturated rings. The van der Waals surface area contributed by atoms with Crippen molar-refractivity contribution in [2.45, 2.75) is 26.7 Å². The van der Waals surface area contributed by atoms with Gasteiger partial charge in [-0.25, -0.2) is 0 Å². The van der Waals surface area contributed by atoms with Crippen LogP contribution < -0.4 is 10.5 Å². The van der Waals surface area contributed by atoms with Crippen LogP contribution in [-0.4, -0.2) is 12.9 Å². The Balaban J connectivity index is 2.25. The Kier molecular flexibility index (Phi) is 3.49. The molecule has 2 N–H and O–H groups in total. The molecule has 110 valence electrons. The topological polar surface area (TPSA) is 52.3 Å². The number of anilines is 1. The minimum absolute atomic E-state index is 0.0537. The van der Waals surface area contributed by atoms with Gasteiger partial charge in [0.2, 0.25) is 0 Å². The summed E-state index contributed by atoms with van der Waals surface area (Å²) in [5.41, 5.74) is 10.3. The van der Waals surface area contributed by atoms with Gasteiger partial charge in [0.05, 0.1) is 17.7 Å². The van der Waals surface area contributed by atoms with Crippen molar-refractivity contribution in [3.05, 3.63) is 34.2 Å². The summed E-state index contributed by atoms with van der Waals surface area (Å²) in [7, 11) is 1.66. The number of benzene rings is 1. The number of hydrogen-bond donors (Lipinski definition) is 1. The highest BCUT2D eigenvalue weighted by atomic mass is 32.1. The van der Waals surface area contributed by atoms with Gasteiger partial charge in [-0.1, -0.05) is 19.9 Å². The Bertz CT molecular complexity index is 716. The monoisotopic (exact) mass is 301 g/mol. The molecule has 4 heteroatoms. The van der Waals surface area contributed by atoms with Crippen LogP contribution in [0.1, 0.15) is 34.6 Å². The number of Topliss-reactive ketones (excluding diaryl/α,β-unsaturated/α-hetero) is 1. The van der Waals surface area contributed by atoms with E-state index >= 15 is 0 Å². The van der Waals surface area contributed by atoms with Crippen LogP contribution in [0, 0.1) is 5.92 Å². The van der Waals surface area contributed by atoms with Gasteiger partial charge < -0.3 is 10.5 Å². The zero-order chi connectivity index (χ0) is 15.1. The molecule has 1 aromatic heterocycles. The van der Waals surface area contributed by atoms with Crippen LogP contribution >= 0.6 is 11.3 Å². The Labute approximate surface area is 128 Å². The second-order valence-corrected chi connectivity index (χ2v) is 6.82. The van der Waals surface area contributed by atoms with Crippen LogP contribution in [0.5, 0.6) is 5.75 Å². The van der Waals surface area contributed by atoms with E-state index in [1.54, 1.807) is 18.4 Å². The van der Waals surface area contributed by atoms with Gasteiger partial charge in [0.25, 0.3) is 0 Å². The van der Waals surface area contributed by atoms with Crippen LogP contribution in [0.2, 0.25) is 0 Å². The first-order chi connectivity index (χ1) is 10.0. The Morgan fingerprint density at radius 3 is 2.76 bits per heavy atom. The third kappa shape index (κ3) is 2.23. The average molecular weight is 301 g/mol. The SMILES string of the molecule is COc1ccc2c(c1)-c1c(sc(N)c1C(=O)C(C)C)CC2. The fraction of sp³-hybridized carbons (Fsp3) is 0.353. The largest absolute Gasteiger partial charge is 0.497 e. The molecule has 21 heavy (non-hydrogen) atoms. The molecule has 0 unspecified atom stereocenters. The van der Waals surface area contributed by atoms with Gasteiger partial charge in [-0.15, -0.1) is 11.3 Å². The molecule has 1 heterocycles. The van der Waals surface area contributed by atoms with E-state index in [0.717, 1.165) is 29.7 Å². The van der Waals surface area contributed by atoms with E-state index in [0.29, 0.717) is 10.6 Å². The highest BCUT2D eigenvalue weighted by Gasteiger charge is 2.28. The smallest absolute Gasteiger partial charge is 0.168 e. The summed E-state index contributed by atoms with van der Waals surface area (Å²) in [6.45, 7) is 3.84. The lowest BCUT2D eigenvalue weighted by Crippen LogP contribution is -2.12. The number of thiophene rings is 1. The number of carbonyl (C=O) groups excluding carboxylic acids is 1. The maximum absolute atomic E-state index is 12.6. The van der Waals surface area contributed by atoms with Crippen LogP contribution in [0.25, 0.3) is 11.1 Å². The minimum Gasteiger partial charge on any atom is -0.497 e. The van der Waals surface area contributed by atoms with Gasteiger partial charge in [0, 0.05) is 16.4 Å². The number of fused-ring (bicyclic) bond motifs is 3. The average Bonchev–Trinajstić information content (AvgIpc) is 2.82. The predicted molar refractivity (Wildman–Crippen MR) is 87.3 cm³/mol. The molecule has 0 aliphatic heterocycles. The number of ether oxygens (including phenoxy) is 1. The number of methoxy groups -OCH3 is 1. The van der Waals surface area contributed by atoms with E-state index in [9.17, 15) is 4.79 Å². The van der Waals surface area contributed by atoms with Gasteiger partial charge in [-0.3, -0.25) is 4.79 Å². The molecule has 0 spiro atoms. The lowest BCUT2D eigenvalue weighted by molar-refractivity contribution is 0.0941. The number of nitrogen functional groups attached to an aromatic ring is 1. The predicted octanol–water partition coefficient (Wildman–Crippen LogP) is 3.94. The first kappa shape index (κ1) is 14.1. The Hall–Kier alpha value is -1.81. The van der Waals surface area contributed by atoms with E-state index < -0.39 is 0 Å². The highest BCUT2D eigenvalue weighted by Crippen LogP contribution is 2.45. The minimum atomic E-state index is -0.0537. The van der Waals surface area contributed by atoms with Crippen molar-refractivity contribution >= 4 is 22.1 Å². The van der Waals surface area contributed by atoms with Crippen molar-refractivity contribution in [3.8, 4) is 16.9 Å². The van der Waals surface area contributed by atoms with Gasteiger partial charge >= 0.3 is 0 Å². The summed E-state index contributed by atoms with van der Waals surface area (Å²) in [4.78, 5) is 13.8. The van der Waals surface area contributed by atoms with Crippen molar-refractivity contribution in [2.75, 3.05) is 12.8 Å². The summed E-state index contributed by atoms with van der Waals surface area (Å²) in [5, 5.41) is 0.648. The maximum Gasteiger partial charge on any atom is 0.168 e.